The summed E-state index contributed by atoms with van der Waals surface area (Å²) >= 11 is 0. The summed E-state index contributed by atoms with van der Waals surface area (Å²) in [6.45, 7) is 4.08. The molecule has 7 heteroatoms. The second-order valence-electron chi connectivity index (χ2n) is 4.46. The summed E-state index contributed by atoms with van der Waals surface area (Å²) in [4.78, 5) is 36.9. The van der Waals surface area contributed by atoms with Crippen molar-refractivity contribution in [2.45, 2.75) is 32.9 Å². The van der Waals surface area contributed by atoms with E-state index in [-0.39, 0.29) is 5.91 Å². The Morgan fingerprint density at radius 3 is 2.33 bits per heavy atom. The number of rotatable bonds is 5. The third-order valence-electron chi connectivity index (χ3n) is 3.14. The number of carbonyl (C=O) groups is 3. The summed E-state index contributed by atoms with van der Waals surface area (Å²) in [6.07, 6.45) is -0.883. The molecule has 18 heavy (non-hydrogen) atoms. The van der Waals surface area contributed by atoms with Gasteiger partial charge in [-0.3, -0.25) is 14.4 Å². The molecule has 0 spiro atoms. The molecule has 4 atom stereocenters. The topological polar surface area (TPSA) is 120 Å². The van der Waals surface area contributed by atoms with Crippen LogP contribution in [0.15, 0.2) is 0 Å². The minimum atomic E-state index is -0.883. The van der Waals surface area contributed by atoms with Crippen molar-refractivity contribution in [3.63, 3.8) is 0 Å². The van der Waals surface area contributed by atoms with E-state index in [1.165, 1.54) is 13.8 Å². The van der Waals surface area contributed by atoms with E-state index >= 15 is 0 Å². The van der Waals surface area contributed by atoms with Crippen molar-refractivity contribution in [2.75, 3.05) is 0 Å². The molecular formula is C11H15N3O4. The van der Waals surface area contributed by atoms with Crippen molar-refractivity contribution in [3.05, 3.63) is 5.53 Å². The molecule has 2 N–H and O–H groups in total. The van der Waals surface area contributed by atoms with Gasteiger partial charge in [0.05, 0.1) is 18.1 Å². The van der Waals surface area contributed by atoms with E-state index in [9.17, 15) is 19.5 Å². The van der Waals surface area contributed by atoms with E-state index in [2.05, 4.69) is 10.1 Å². The van der Waals surface area contributed by atoms with Crippen molar-refractivity contribution in [3.8, 4) is 0 Å². The third-order valence-corrected chi connectivity index (χ3v) is 3.14. The standard InChI is InChI=1S/C11H15N3O4/c1-4(10(17)9(14-12)6(3)16)8-7(5(2)15)11(18)13-8/h4-5,7-8,15H,1-3H3,(H,13,18)/t4-,5?,7?,8?/m1/s1. The lowest BCUT2D eigenvalue weighted by Gasteiger charge is -2.40. The predicted molar refractivity (Wildman–Crippen MR) is 60.6 cm³/mol. The Labute approximate surface area is 104 Å². The van der Waals surface area contributed by atoms with Gasteiger partial charge in [0, 0.05) is 12.8 Å². The molecule has 1 heterocycles. The molecule has 0 aromatic heterocycles. The lowest BCUT2D eigenvalue weighted by Crippen LogP contribution is -2.65. The largest absolute Gasteiger partial charge is 0.400 e. The molecule has 1 fully saturated rings. The lowest BCUT2D eigenvalue weighted by molar-refractivity contribution is -0.144. The van der Waals surface area contributed by atoms with Gasteiger partial charge in [0.25, 0.3) is 5.78 Å². The van der Waals surface area contributed by atoms with Crippen LogP contribution < -0.4 is 5.32 Å². The molecule has 0 bridgehead atoms. The molecule has 0 aliphatic carbocycles. The van der Waals surface area contributed by atoms with E-state index in [4.69, 9.17) is 5.53 Å². The number of Topliss-reactive ketones (excluding diaryl/α,β-unsaturated/α-hetero) is 2. The second kappa shape index (κ2) is 5.20. The molecule has 0 aromatic carbocycles. The Kier molecular flexibility index (Phi) is 4.11. The van der Waals surface area contributed by atoms with E-state index in [1.807, 2.05) is 0 Å². The summed E-state index contributed by atoms with van der Waals surface area (Å²) in [7, 11) is 0. The maximum atomic E-state index is 11.9. The normalized spacial score (nSPS) is 25.2. The minimum absolute atomic E-state index is 0.333. The summed E-state index contributed by atoms with van der Waals surface area (Å²) < 4.78 is 0. The van der Waals surface area contributed by atoms with Gasteiger partial charge in [0.2, 0.25) is 11.7 Å². The molecular weight excluding hydrogens is 238 g/mol. The molecule has 98 valence electrons. The highest BCUT2D eigenvalue weighted by Crippen LogP contribution is 2.26. The Bertz CT molecular complexity index is 451. The number of hydrogen-bond donors (Lipinski definition) is 2. The summed E-state index contributed by atoms with van der Waals surface area (Å²) in [5.74, 6) is -3.05. The van der Waals surface area contributed by atoms with Gasteiger partial charge in [0.15, 0.2) is 0 Å². The molecule has 1 rings (SSSR count). The van der Waals surface area contributed by atoms with Gasteiger partial charge >= 0.3 is 5.71 Å². The fourth-order valence-electron chi connectivity index (χ4n) is 2.04. The van der Waals surface area contributed by atoms with Crippen LogP contribution in [0, 0.1) is 11.8 Å². The molecule has 0 radical (unpaired) electrons. The Balaban J connectivity index is 2.86. The number of β-lactam (4-membered cyclic amide) rings is 1. The first kappa shape index (κ1) is 14.2. The fraction of sp³-hybridized carbons (Fsp3) is 0.636. The predicted octanol–water partition coefficient (Wildman–Crippen LogP) is -1.05. The molecule has 1 aliphatic heterocycles. The molecule has 1 amide bonds. The van der Waals surface area contributed by atoms with E-state index in [0.717, 1.165) is 6.92 Å². The number of aliphatic hydroxyl groups is 1. The van der Waals surface area contributed by atoms with Gasteiger partial charge in [-0.05, 0) is 6.92 Å². The second-order valence-corrected chi connectivity index (χ2v) is 4.46. The van der Waals surface area contributed by atoms with Crippen molar-refractivity contribution in [2.24, 2.45) is 11.8 Å². The first-order chi connectivity index (χ1) is 8.31. The van der Waals surface area contributed by atoms with E-state index in [0.29, 0.717) is 0 Å². The fourth-order valence-corrected chi connectivity index (χ4v) is 2.04. The average molecular weight is 253 g/mol. The number of ketones is 2. The highest BCUT2D eigenvalue weighted by atomic mass is 16.3. The quantitative estimate of drug-likeness (QED) is 0.213. The molecule has 1 saturated heterocycles. The number of amides is 1. The van der Waals surface area contributed by atoms with Crippen LogP contribution in [0.5, 0.6) is 0 Å². The first-order valence-corrected chi connectivity index (χ1v) is 5.56. The molecule has 1 aliphatic rings. The van der Waals surface area contributed by atoms with Gasteiger partial charge in [0.1, 0.15) is 0 Å². The Hall–Kier alpha value is -1.85. The Morgan fingerprint density at radius 1 is 1.44 bits per heavy atom. The highest BCUT2D eigenvalue weighted by Gasteiger charge is 2.49. The van der Waals surface area contributed by atoms with Crippen LogP contribution >= 0.6 is 0 Å². The van der Waals surface area contributed by atoms with Crippen molar-refractivity contribution < 1.29 is 24.3 Å². The smallest absolute Gasteiger partial charge is 0.393 e. The van der Waals surface area contributed by atoms with Crippen LogP contribution in [0.4, 0.5) is 0 Å². The molecule has 0 saturated carbocycles. The maximum Gasteiger partial charge on any atom is 0.400 e. The van der Waals surface area contributed by atoms with Crippen molar-refractivity contribution in [1.82, 2.24) is 5.32 Å². The summed E-state index contributed by atoms with van der Waals surface area (Å²) in [5, 5.41) is 11.9. The maximum absolute atomic E-state index is 11.9. The zero-order valence-electron chi connectivity index (χ0n) is 10.4. The lowest BCUT2D eigenvalue weighted by atomic mass is 9.76. The van der Waals surface area contributed by atoms with Crippen LogP contribution in [0.2, 0.25) is 0 Å². The monoisotopic (exact) mass is 253 g/mol. The number of hydrogen-bond acceptors (Lipinski definition) is 4. The first-order valence-electron chi connectivity index (χ1n) is 5.56. The minimum Gasteiger partial charge on any atom is -0.393 e. The third kappa shape index (κ3) is 2.37. The van der Waals surface area contributed by atoms with Crippen LogP contribution in [0.3, 0.4) is 0 Å². The zero-order valence-corrected chi connectivity index (χ0v) is 10.4. The van der Waals surface area contributed by atoms with Crippen molar-refractivity contribution in [1.29, 1.82) is 0 Å². The molecule has 3 unspecified atom stereocenters. The van der Waals surface area contributed by atoms with Crippen LogP contribution in [0.25, 0.3) is 5.53 Å². The number of aliphatic hydroxyl groups excluding tert-OH is 1. The number of nitrogens with zero attached hydrogens (tertiary/aromatic N) is 2. The average Bonchev–Trinajstić information content (AvgIpc) is 2.24. The van der Waals surface area contributed by atoms with Gasteiger partial charge < -0.3 is 16.0 Å². The highest BCUT2D eigenvalue weighted by molar-refractivity contribution is 6.64. The molecule has 7 nitrogen and oxygen atoms in total. The Morgan fingerprint density at radius 2 is 2.00 bits per heavy atom. The van der Waals surface area contributed by atoms with Crippen LogP contribution in [-0.4, -0.2) is 45.2 Å². The van der Waals surface area contributed by atoms with Gasteiger partial charge in [-0.2, -0.15) is 4.79 Å². The van der Waals surface area contributed by atoms with Gasteiger partial charge in [-0.1, -0.05) is 6.92 Å². The van der Waals surface area contributed by atoms with E-state index < -0.39 is 41.3 Å². The van der Waals surface area contributed by atoms with E-state index in [1.54, 1.807) is 0 Å². The zero-order chi connectivity index (χ0) is 14.0. The summed E-state index contributed by atoms with van der Waals surface area (Å²) in [5.41, 5.74) is 8.08. The SMILES string of the molecule is CC(=O)C(=[N+]=[N-])C(=O)[C@H](C)C1NC(=O)C1C(C)O. The van der Waals surface area contributed by atoms with Crippen molar-refractivity contribution >= 4 is 23.2 Å². The number of nitrogens with one attached hydrogen (secondary N) is 1. The van der Waals surface area contributed by atoms with Gasteiger partial charge in [-0.25, -0.2) is 0 Å². The van der Waals surface area contributed by atoms with Crippen LogP contribution in [0.1, 0.15) is 20.8 Å². The molecule has 0 aromatic rings. The van der Waals surface area contributed by atoms with Crippen LogP contribution in [-0.2, 0) is 14.4 Å². The summed E-state index contributed by atoms with van der Waals surface area (Å²) in [6, 6.07) is -0.555. The van der Waals surface area contributed by atoms with Gasteiger partial charge in [-0.15, -0.1) is 0 Å². The number of carbonyl (C=O) groups excluding carboxylic acids is 3.